The summed E-state index contributed by atoms with van der Waals surface area (Å²) in [5.41, 5.74) is -0.931. The number of rotatable bonds is 2. The van der Waals surface area contributed by atoms with Crippen LogP contribution in [-0.4, -0.2) is 42.6 Å². The third-order valence-electron chi connectivity index (χ3n) is 2.47. The molecule has 127 valence electrons. The van der Waals surface area contributed by atoms with E-state index in [9.17, 15) is 9.59 Å². The van der Waals surface area contributed by atoms with E-state index in [-0.39, 0.29) is 17.1 Å². The van der Waals surface area contributed by atoms with Crippen LogP contribution in [0.15, 0.2) is 36.4 Å². The zero-order chi connectivity index (χ0) is 16.9. The standard InChI is InChI=1S/2C7H6O4.Cu/c2*8-4-2-1-3-5(9)6(4)7(10)11;/h2*1-3,8-9H,(H,10,11);. The van der Waals surface area contributed by atoms with Crippen molar-refractivity contribution in [3.05, 3.63) is 47.5 Å². The number of carboxylic acid groups (broad SMARTS) is 2. The van der Waals surface area contributed by atoms with E-state index in [0.717, 1.165) is 0 Å². The second-order valence-corrected chi connectivity index (χ2v) is 3.95. The Bertz CT molecular complexity index is 612. The van der Waals surface area contributed by atoms with Crippen LogP contribution >= 0.6 is 0 Å². The Morgan fingerprint density at radius 1 is 0.609 bits per heavy atom. The fraction of sp³-hybridized carbons (Fsp3) is 0. The first-order chi connectivity index (χ1) is 10.3. The minimum atomic E-state index is -1.35. The van der Waals surface area contributed by atoms with Crippen LogP contribution in [0.4, 0.5) is 0 Å². The van der Waals surface area contributed by atoms with Crippen molar-refractivity contribution >= 4 is 11.9 Å². The van der Waals surface area contributed by atoms with Gasteiger partial charge in [-0.1, -0.05) is 12.1 Å². The van der Waals surface area contributed by atoms with E-state index in [1.54, 1.807) is 0 Å². The van der Waals surface area contributed by atoms with Crippen LogP contribution in [0.1, 0.15) is 20.7 Å². The molecule has 9 heteroatoms. The summed E-state index contributed by atoms with van der Waals surface area (Å²) in [4.78, 5) is 20.6. The molecule has 0 saturated heterocycles. The third kappa shape index (κ3) is 5.10. The van der Waals surface area contributed by atoms with Crippen molar-refractivity contribution in [2.45, 2.75) is 0 Å². The number of benzene rings is 2. The maximum atomic E-state index is 10.3. The van der Waals surface area contributed by atoms with Crippen LogP contribution in [0.2, 0.25) is 0 Å². The van der Waals surface area contributed by atoms with Gasteiger partial charge >= 0.3 is 11.9 Å². The first-order valence-electron chi connectivity index (χ1n) is 5.74. The van der Waals surface area contributed by atoms with Crippen LogP contribution < -0.4 is 0 Å². The predicted molar refractivity (Wildman–Crippen MR) is 73.5 cm³/mol. The van der Waals surface area contributed by atoms with Gasteiger partial charge in [0.2, 0.25) is 0 Å². The van der Waals surface area contributed by atoms with Gasteiger partial charge in [-0.2, -0.15) is 0 Å². The summed E-state index contributed by atoms with van der Waals surface area (Å²) in [6.07, 6.45) is 0. The molecule has 0 spiro atoms. The number of carbonyl (C=O) groups is 2. The summed E-state index contributed by atoms with van der Waals surface area (Å²) in [5, 5.41) is 52.5. The van der Waals surface area contributed by atoms with Gasteiger partial charge in [0.25, 0.3) is 0 Å². The molecule has 1 radical (unpaired) electrons. The molecular weight excluding hydrogens is 360 g/mol. The summed E-state index contributed by atoms with van der Waals surface area (Å²) in [5.74, 6) is -4.42. The topological polar surface area (TPSA) is 156 Å². The second kappa shape index (κ2) is 8.52. The Morgan fingerprint density at radius 3 is 0.957 bits per heavy atom. The average molecular weight is 372 g/mol. The van der Waals surface area contributed by atoms with Gasteiger partial charge in [-0.25, -0.2) is 9.59 Å². The Balaban J connectivity index is 0.000000403. The first kappa shape index (κ1) is 20.1. The largest absolute Gasteiger partial charge is 0.507 e. The van der Waals surface area contributed by atoms with Crippen molar-refractivity contribution in [3.8, 4) is 23.0 Å². The van der Waals surface area contributed by atoms with Gasteiger partial charge in [-0.3, -0.25) is 0 Å². The second-order valence-electron chi connectivity index (χ2n) is 3.95. The smallest absolute Gasteiger partial charge is 0.343 e. The molecule has 23 heavy (non-hydrogen) atoms. The maximum absolute atomic E-state index is 10.3. The molecule has 8 nitrogen and oxygen atoms in total. The molecule has 0 aromatic heterocycles. The average Bonchev–Trinajstić information content (AvgIpc) is 2.38. The molecule has 6 N–H and O–H groups in total. The Hall–Kier alpha value is -2.90. The third-order valence-corrected chi connectivity index (χ3v) is 2.47. The molecule has 0 heterocycles. The number of aromatic carboxylic acids is 2. The van der Waals surface area contributed by atoms with Gasteiger partial charge in [-0.05, 0) is 24.3 Å². The van der Waals surface area contributed by atoms with E-state index in [4.69, 9.17) is 30.6 Å². The zero-order valence-corrected chi connectivity index (χ0v) is 12.2. The van der Waals surface area contributed by atoms with Crippen molar-refractivity contribution < 1.29 is 57.3 Å². The molecule has 0 saturated carbocycles. The van der Waals surface area contributed by atoms with E-state index in [0.29, 0.717) is 0 Å². The zero-order valence-electron chi connectivity index (χ0n) is 11.3. The fourth-order valence-corrected chi connectivity index (χ4v) is 1.49. The van der Waals surface area contributed by atoms with E-state index in [1.165, 1.54) is 36.4 Å². The summed E-state index contributed by atoms with van der Waals surface area (Å²) in [6.45, 7) is 0. The van der Waals surface area contributed by atoms with Crippen molar-refractivity contribution in [3.63, 3.8) is 0 Å². The maximum Gasteiger partial charge on any atom is 0.343 e. The summed E-state index contributed by atoms with van der Waals surface area (Å²) in [6, 6.07) is 7.51. The molecule has 0 aliphatic carbocycles. The van der Waals surface area contributed by atoms with Crippen molar-refractivity contribution in [2.24, 2.45) is 0 Å². The molecular formula is C14H12CuO8. The SMILES string of the molecule is O=C(O)c1c(O)cccc1O.O=C(O)c1c(O)cccc1O.[Cu]. The number of hydrogen-bond donors (Lipinski definition) is 6. The molecule has 2 rings (SSSR count). The molecule has 0 aliphatic heterocycles. The van der Waals surface area contributed by atoms with Gasteiger partial charge in [-0.15, -0.1) is 0 Å². The predicted octanol–water partition coefficient (Wildman–Crippen LogP) is 1.59. The minimum Gasteiger partial charge on any atom is -0.507 e. The fourth-order valence-electron chi connectivity index (χ4n) is 1.49. The number of phenols is 4. The quantitative estimate of drug-likeness (QED) is 0.434. The molecule has 2 aromatic rings. The summed E-state index contributed by atoms with van der Waals surface area (Å²) in [7, 11) is 0. The molecule has 0 atom stereocenters. The summed E-state index contributed by atoms with van der Waals surface area (Å²) >= 11 is 0. The van der Waals surface area contributed by atoms with Crippen LogP contribution in [0.5, 0.6) is 23.0 Å². The Labute approximate surface area is 140 Å². The van der Waals surface area contributed by atoms with Crippen LogP contribution in [0.3, 0.4) is 0 Å². The molecule has 0 aliphatic rings. The molecule has 0 amide bonds. The molecule has 0 unspecified atom stereocenters. The van der Waals surface area contributed by atoms with Crippen molar-refractivity contribution in [1.29, 1.82) is 0 Å². The van der Waals surface area contributed by atoms with Crippen LogP contribution in [0.25, 0.3) is 0 Å². The molecule has 0 bridgehead atoms. The summed E-state index contributed by atoms with van der Waals surface area (Å²) < 4.78 is 0. The normalized spacial score (nSPS) is 9.04. The van der Waals surface area contributed by atoms with Gasteiger partial charge in [0.1, 0.15) is 34.1 Å². The monoisotopic (exact) mass is 371 g/mol. The van der Waals surface area contributed by atoms with Gasteiger partial charge in [0.15, 0.2) is 0 Å². The van der Waals surface area contributed by atoms with Crippen molar-refractivity contribution in [1.82, 2.24) is 0 Å². The number of hydrogen-bond acceptors (Lipinski definition) is 6. The minimum absolute atomic E-state index is 0. The van der Waals surface area contributed by atoms with E-state index in [2.05, 4.69) is 0 Å². The Morgan fingerprint density at radius 2 is 0.826 bits per heavy atom. The molecule has 0 fully saturated rings. The van der Waals surface area contributed by atoms with Gasteiger partial charge in [0.05, 0.1) is 0 Å². The number of carboxylic acids is 2. The number of aromatic hydroxyl groups is 4. The molecule has 2 aromatic carbocycles. The van der Waals surface area contributed by atoms with Gasteiger partial charge < -0.3 is 30.6 Å². The first-order valence-corrected chi connectivity index (χ1v) is 5.74. The van der Waals surface area contributed by atoms with E-state index < -0.39 is 46.1 Å². The van der Waals surface area contributed by atoms with Crippen molar-refractivity contribution in [2.75, 3.05) is 0 Å². The van der Waals surface area contributed by atoms with E-state index in [1.807, 2.05) is 0 Å². The van der Waals surface area contributed by atoms with Crippen LogP contribution in [0, 0.1) is 0 Å². The Kier molecular flexibility index (Phi) is 7.45. The van der Waals surface area contributed by atoms with Gasteiger partial charge in [0, 0.05) is 17.1 Å². The van der Waals surface area contributed by atoms with E-state index >= 15 is 0 Å². The van der Waals surface area contributed by atoms with Crippen LogP contribution in [-0.2, 0) is 17.1 Å².